The molecule has 0 amide bonds. The summed E-state index contributed by atoms with van der Waals surface area (Å²) < 4.78 is 78.8. The van der Waals surface area contributed by atoms with Crippen LogP contribution >= 0.6 is 0 Å². The molecule has 4 atom stereocenters. The van der Waals surface area contributed by atoms with Gasteiger partial charge in [0, 0.05) is 12.3 Å². The number of carbonyl (C=O) groups is 3. The van der Waals surface area contributed by atoms with Gasteiger partial charge in [-0.25, -0.2) is 0 Å². The molecule has 4 aliphatic carbocycles. The van der Waals surface area contributed by atoms with Gasteiger partial charge < -0.3 is 0 Å². The first kappa shape index (κ1) is 29.2. The average molecular weight is 590 g/mol. The first-order valence-electron chi connectivity index (χ1n) is 10.7. The summed E-state index contributed by atoms with van der Waals surface area (Å²) in [6, 6.07) is 0. The molecule has 0 saturated heterocycles. The summed E-state index contributed by atoms with van der Waals surface area (Å²) in [5.74, 6) is -2.21. The fourth-order valence-corrected chi connectivity index (χ4v) is 9.29. The molecule has 0 aromatic carbocycles. The third kappa shape index (κ3) is 4.69. The Morgan fingerprint density at radius 3 is 1.59 bits per heavy atom. The number of hydrogen-bond acceptors (Lipinski definition) is 9. The Balaban J connectivity index is 0.000000216. The molecular weight excluding hydrogens is 559 g/mol. The van der Waals surface area contributed by atoms with Crippen molar-refractivity contribution in [2.75, 3.05) is 11.5 Å². The molecule has 0 radical (unpaired) electrons. The van der Waals surface area contributed by atoms with E-state index in [9.17, 15) is 31.2 Å². The second-order valence-corrected chi connectivity index (χ2v) is 14.0. The second kappa shape index (κ2) is 9.11. The first-order valence-corrected chi connectivity index (χ1v) is 15.3. The predicted octanol–water partition coefficient (Wildman–Crippen LogP) is 1.10. The summed E-state index contributed by atoms with van der Waals surface area (Å²) in [5, 5.41) is 0. The molecule has 0 aliphatic heterocycles. The van der Waals surface area contributed by atoms with Gasteiger partial charge in [-0.1, -0.05) is 27.7 Å². The van der Waals surface area contributed by atoms with Crippen molar-refractivity contribution in [3.63, 3.8) is 0 Å². The number of carbonyl (C=O) groups excluding carboxylic acids is 3. The van der Waals surface area contributed by atoms with Crippen LogP contribution in [0.3, 0.4) is 0 Å². The fraction of sp³-hybridized carbons (Fsp3) is 0.850. The fourth-order valence-electron chi connectivity index (χ4n) is 6.72. The standard InChI is InChI=1S/C10H14O5S.C10H16O4S.O2Se/c1-9(2)6-3-4-10(9,5-16(13,14)15)8(12)7(6)11;1-9(2)7-3-4-10(9,8(11)5-7)6-15(12,13)14;1-3-2/h6H,3-5H2,1-2H3,(H,13,14,15);7H,3-6H2,1-2H3,(H,12,13,14);. The van der Waals surface area contributed by atoms with E-state index in [1.165, 1.54) is 0 Å². The Hall–Kier alpha value is -1.05. The number of fused-ring (bicyclic) bond motifs is 4. The van der Waals surface area contributed by atoms with Crippen molar-refractivity contribution in [1.29, 1.82) is 0 Å². The first-order chi connectivity index (χ1) is 15.2. The molecule has 34 heavy (non-hydrogen) atoms. The molecule has 11 nitrogen and oxygen atoms in total. The van der Waals surface area contributed by atoms with Gasteiger partial charge in [0.1, 0.15) is 5.78 Å². The van der Waals surface area contributed by atoms with Crippen LogP contribution in [0.2, 0.25) is 0 Å². The van der Waals surface area contributed by atoms with Crippen molar-refractivity contribution < 1.29 is 48.0 Å². The Bertz CT molecular complexity index is 1150. The van der Waals surface area contributed by atoms with E-state index in [0.29, 0.717) is 25.7 Å². The van der Waals surface area contributed by atoms with Crippen LogP contribution in [0.25, 0.3) is 0 Å². The van der Waals surface area contributed by atoms with Crippen molar-refractivity contribution in [3.8, 4) is 0 Å². The topological polar surface area (TPSA) is 194 Å². The summed E-state index contributed by atoms with van der Waals surface area (Å²) in [7, 11) is -8.33. The van der Waals surface area contributed by atoms with Gasteiger partial charge >= 0.3 is 22.5 Å². The molecule has 4 saturated carbocycles. The van der Waals surface area contributed by atoms with E-state index in [2.05, 4.69) is 0 Å². The molecule has 14 heteroatoms. The van der Waals surface area contributed by atoms with E-state index < -0.39 is 74.4 Å². The van der Waals surface area contributed by atoms with Crippen LogP contribution in [-0.2, 0) is 42.3 Å². The maximum absolute atomic E-state index is 11.9. The van der Waals surface area contributed by atoms with Gasteiger partial charge in [0.25, 0.3) is 20.2 Å². The van der Waals surface area contributed by atoms with Gasteiger partial charge in [0.2, 0.25) is 11.6 Å². The summed E-state index contributed by atoms with van der Waals surface area (Å²) >= 11 is -1.62. The molecule has 4 fully saturated rings. The summed E-state index contributed by atoms with van der Waals surface area (Å²) in [4.78, 5) is 35.4. The molecule has 0 aromatic heterocycles. The van der Waals surface area contributed by atoms with Crippen molar-refractivity contribution in [2.45, 2.75) is 59.8 Å². The van der Waals surface area contributed by atoms with Gasteiger partial charge in [-0.3, -0.25) is 23.5 Å². The third-order valence-corrected chi connectivity index (χ3v) is 10.7. The zero-order chi connectivity index (χ0) is 26.5. The number of ketones is 3. The third-order valence-electron chi connectivity index (χ3n) is 8.94. The zero-order valence-electron chi connectivity index (χ0n) is 19.4. The molecular formula is C20H30O11S2Se. The van der Waals surface area contributed by atoms with Crippen LogP contribution in [0, 0.1) is 33.5 Å². The van der Waals surface area contributed by atoms with Crippen LogP contribution in [-0.4, -0.2) is 69.6 Å². The zero-order valence-corrected chi connectivity index (χ0v) is 22.7. The summed E-state index contributed by atoms with van der Waals surface area (Å²) in [6.07, 6.45) is 2.88. The summed E-state index contributed by atoms with van der Waals surface area (Å²) in [5.41, 5.74) is -3.00. The van der Waals surface area contributed by atoms with Gasteiger partial charge in [-0.2, -0.15) is 16.8 Å². The number of hydrogen-bond donors (Lipinski definition) is 2. The van der Waals surface area contributed by atoms with Crippen LogP contribution < -0.4 is 0 Å². The van der Waals surface area contributed by atoms with E-state index in [4.69, 9.17) is 16.8 Å². The van der Waals surface area contributed by atoms with Crippen molar-refractivity contribution in [2.24, 2.45) is 33.5 Å². The molecule has 194 valence electrons. The quantitative estimate of drug-likeness (QED) is 0.271. The average Bonchev–Trinajstić information content (AvgIpc) is 3.15. The van der Waals surface area contributed by atoms with E-state index in [-0.39, 0.29) is 23.0 Å². The Labute approximate surface area is 204 Å². The van der Waals surface area contributed by atoms with E-state index in [1.54, 1.807) is 13.8 Å². The minimum atomic E-state index is -4.25. The van der Waals surface area contributed by atoms with Gasteiger partial charge in [0.05, 0.1) is 22.3 Å². The molecule has 4 rings (SSSR count). The normalized spacial score (nSPS) is 34.8. The number of rotatable bonds is 4. The molecule has 4 aliphatic rings. The second-order valence-electron chi connectivity index (χ2n) is 10.8. The Kier molecular flexibility index (Phi) is 7.82. The molecule has 2 N–H and O–H groups in total. The van der Waals surface area contributed by atoms with Gasteiger partial charge in [-0.15, -0.1) is 0 Å². The van der Waals surface area contributed by atoms with Crippen molar-refractivity contribution >= 4 is 52.4 Å². The van der Waals surface area contributed by atoms with Gasteiger partial charge in [-0.05, 0) is 42.4 Å². The van der Waals surface area contributed by atoms with E-state index in [1.807, 2.05) is 13.8 Å². The number of Topliss-reactive ketones (excluding diaryl/α,β-unsaturated/α-hetero) is 3. The molecule has 0 heterocycles. The van der Waals surface area contributed by atoms with Crippen molar-refractivity contribution in [3.05, 3.63) is 0 Å². The van der Waals surface area contributed by atoms with Crippen LogP contribution in [0.5, 0.6) is 0 Å². The summed E-state index contributed by atoms with van der Waals surface area (Å²) in [6.45, 7) is 7.36. The van der Waals surface area contributed by atoms with Crippen LogP contribution in [0.15, 0.2) is 0 Å². The van der Waals surface area contributed by atoms with E-state index in [0.717, 1.165) is 6.42 Å². The SMILES string of the molecule is CC1(C)C2CCC1(CS(=O)(=O)O)C(=O)C2.CC1(C)C2CCC1(CS(=O)(=O)O)C(=O)C2=O.O=[Se]=O. The van der Waals surface area contributed by atoms with Crippen LogP contribution in [0.1, 0.15) is 59.8 Å². The van der Waals surface area contributed by atoms with E-state index >= 15 is 0 Å². The monoisotopic (exact) mass is 590 g/mol. The van der Waals surface area contributed by atoms with Crippen LogP contribution in [0.4, 0.5) is 0 Å². The Morgan fingerprint density at radius 2 is 1.26 bits per heavy atom. The maximum atomic E-state index is 11.9. The van der Waals surface area contributed by atoms with Crippen molar-refractivity contribution in [1.82, 2.24) is 0 Å². The predicted molar refractivity (Wildman–Crippen MR) is 117 cm³/mol. The molecule has 0 spiro atoms. The minimum absolute atomic E-state index is 0.0152. The molecule has 4 bridgehead atoms. The van der Waals surface area contributed by atoms with Gasteiger partial charge in [0.15, 0.2) is 0 Å². The Morgan fingerprint density at radius 1 is 0.824 bits per heavy atom. The molecule has 4 unspecified atom stereocenters. The molecule has 0 aromatic rings.